The first-order chi connectivity index (χ1) is 13.8. The maximum absolute atomic E-state index is 13.1. The van der Waals surface area contributed by atoms with Crippen LogP contribution in [-0.4, -0.2) is 30.6 Å². The van der Waals surface area contributed by atoms with E-state index in [2.05, 4.69) is 43.8 Å². The number of nitrogens with one attached hydrogen (secondary N) is 1. The molecule has 0 bridgehead atoms. The maximum atomic E-state index is 13.1. The smallest absolute Gasteiger partial charge is 0.270 e. The van der Waals surface area contributed by atoms with Gasteiger partial charge in [0, 0.05) is 4.47 Å². The summed E-state index contributed by atoms with van der Waals surface area (Å²) in [4.78, 5) is 26.9. The quantitative estimate of drug-likeness (QED) is 0.245. The fraction of sp³-hybridized carbons (Fsp3) is 0.150. The fourth-order valence-corrected chi connectivity index (χ4v) is 4.23. The van der Waals surface area contributed by atoms with Crippen LogP contribution in [0.4, 0.5) is 5.69 Å². The number of hydrogen-bond donors (Lipinski definition) is 1. The monoisotopic (exact) mass is 586 g/mol. The van der Waals surface area contributed by atoms with E-state index in [1.165, 1.54) is 18.1 Å². The molecule has 0 radical (unpaired) electrons. The van der Waals surface area contributed by atoms with Crippen molar-refractivity contribution in [2.45, 2.75) is 6.92 Å². The number of halogens is 2. The highest BCUT2D eigenvalue weighted by Crippen LogP contribution is 2.35. The number of thiocarbonyl (C=S) groups is 1. The third-order valence-electron chi connectivity index (χ3n) is 4.02. The minimum atomic E-state index is -0.547. The summed E-state index contributed by atoms with van der Waals surface area (Å²) in [5, 5.41) is 2.62. The summed E-state index contributed by atoms with van der Waals surface area (Å²) in [5.74, 6) is 0.0940. The zero-order valence-corrected chi connectivity index (χ0v) is 20.1. The number of carbonyl (C=O) groups is 2. The molecule has 0 aromatic heterocycles. The normalized spacial score (nSPS) is 15.5. The van der Waals surface area contributed by atoms with Crippen molar-refractivity contribution in [2.75, 3.05) is 18.6 Å². The lowest BCUT2D eigenvalue weighted by atomic mass is 10.1. The van der Waals surface area contributed by atoms with Gasteiger partial charge in [-0.25, -0.2) is 0 Å². The van der Waals surface area contributed by atoms with Crippen molar-refractivity contribution in [3.05, 3.63) is 55.6 Å². The predicted octanol–water partition coefficient (Wildman–Crippen LogP) is 4.29. The van der Waals surface area contributed by atoms with Crippen molar-refractivity contribution < 1.29 is 19.1 Å². The van der Waals surface area contributed by atoms with E-state index in [1.807, 2.05) is 19.1 Å². The molecule has 1 saturated heterocycles. The number of amides is 2. The Kier molecular flexibility index (Phi) is 6.91. The molecule has 6 nitrogen and oxygen atoms in total. The molecular weight excluding hydrogens is 571 g/mol. The van der Waals surface area contributed by atoms with Gasteiger partial charge in [0.1, 0.15) is 5.57 Å². The molecule has 3 rings (SSSR count). The van der Waals surface area contributed by atoms with Crippen LogP contribution in [0.3, 0.4) is 0 Å². The molecule has 1 aliphatic heterocycles. The highest BCUT2D eigenvalue weighted by molar-refractivity contribution is 14.1. The average molecular weight is 587 g/mol. The molecular formula is C20H16BrIN2O4S. The van der Waals surface area contributed by atoms with E-state index in [0.29, 0.717) is 29.4 Å². The summed E-state index contributed by atoms with van der Waals surface area (Å²) in [7, 11) is 1.54. The lowest BCUT2D eigenvalue weighted by Gasteiger charge is -2.29. The van der Waals surface area contributed by atoms with Crippen molar-refractivity contribution in [1.29, 1.82) is 0 Å². The Balaban J connectivity index is 2.04. The topological polar surface area (TPSA) is 67.9 Å². The van der Waals surface area contributed by atoms with Crippen molar-refractivity contribution in [3.8, 4) is 11.5 Å². The van der Waals surface area contributed by atoms with Crippen LogP contribution in [0.5, 0.6) is 11.5 Å². The van der Waals surface area contributed by atoms with Gasteiger partial charge in [-0.1, -0.05) is 22.0 Å². The molecule has 0 atom stereocenters. The van der Waals surface area contributed by atoms with Gasteiger partial charge in [-0.05, 0) is 83.7 Å². The second kappa shape index (κ2) is 9.23. The molecule has 1 fully saturated rings. The zero-order valence-electron chi connectivity index (χ0n) is 15.5. The Bertz CT molecular complexity index is 1040. The fourth-order valence-electron chi connectivity index (χ4n) is 2.78. The molecule has 1 heterocycles. The van der Waals surface area contributed by atoms with Crippen LogP contribution in [0.25, 0.3) is 6.08 Å². The number of nitrogens with zero attached hydrogens (tertiary/aromatic N) is 1. The molecule has 2 aromatic rings. The van der Waals surface area contributed by atoms with E-state index in [-0.39, 0.29) is 10.7 Å². The van der Waals surface area contributed by atoms with E-state index in [4.69, 9.17) is 21.7 Å². The summed E-state index contributed by atoms with van der Waals surface area (Å²) in [6.45, 7) is 2.38. The largest absolute Gasteiger partial charge is 0.493 e. The average Bonchev–Trinajstić information content (AvgIpc) is 2.67. The third-order valence-corrected chi connectivity index (χ3v) is 5.60. The second-order valence-electron chi connectivity index (χ2n) is 5.90. The highest BCUT2D eigenvalue weighted by atomic mass is 127. The van der Waals surface area contributed by atoms with Crippen LogP contribution >= 0.6 is 50.7 Å². The maximum Gasteiger partial charge on any atom is 0.270 e. The Morgan fingerprint density at radius 3 is 2.69 bits per heavy atom. The predicted molar refractivity (Wildman–Crippen MR) is 127 cm³/mol. The van der Waals surface area contributed by atoms with Crippen LogP contribution in [0, 0.1) is 3.57 Å². The van der Waals surface area contributed by atoms with Crippen LogP contribution < -0.4 is 19.7 Å². The molecule has 1 N–H and O–H groups in total. The minimum Gasteiger partial charge on any atom is -0.493 e. The molecule has 29 heavy (non-hydrogen) atoms. The molecule has 0 aliphatic carbocycles. The van der Waals surface area contributed by atoms with Crippen LogP contribution in [-0.2, 0) is 9.59 Å². The van der Waals surface area contributed by atoms with Gasteiger partial charge >= 0.3 is 0 Å². The third kappa shape index (κ3) is 4.62. The van der Waals surface area contributed by atoms with Gasteiger partial charge < -0.3 is 9.47 Å². The Labute approximate surface area is 195 Å². The van der Waals surface area contributed by atoms with Gasteiger partial charge in [0.15, 0.2) is 16.6 Å². The molecule has 9 heteroatoms. The molecule has 0 spiro atoms. The van der Waals surface area contributed by atoms with Gasteiger partial charge in [0.2, 0.25) is 0 Å². The van der Waals surface area contributed by atoms with Crippen LogP contribution in [0.1, 0.15) is 12.5 Å². The number of ether oxygens (including phenoxy) is 2. The molecule has 1 aliphatic rings. The summed E-state index contributed by atoms with van der Waals surface area (Å²) < 4.78 is 12.6. The van der Waals surface area contributed by atoms with Crippen molar-refractivity contribution in [1.82, 2.24) is 5.32 Å². The lowest BCUT2D eigenvalue weighted by Crippen LogP contribution is -2.54. The first-order valence-electron chi connectivity index (χ1n) is 8.53. The van der Waals surface area contributed by atoms with E-state index in [1.54, 1.807) is 24.3 Å². The second-order valence-corrected chi connectivity index (χ2v) is 8.37. The number of benzene rings is 2. The van der Waals surface area contributed by atoms with Crippen molar-refractivity contribution in [2.24, 2.45) is 0 Å². The first kappa shape index (κ1) is 21.7. The molecule has 0 saturated carbocycles. The van der Waals surface area contributed by atoms with Crippen LogP contribution in [0.15, 0.2) is 46.4 Å². The molecule has 2 amide bonds. The van der Waals surface area contributed by atoms with Gasteiger partial charge in [-0.15, -0.1) is 0 Å². The van der Waals surface area contributed by atoms with Gasteiger partial charge in [0.05, 0.1) is 23.0 Å². The van der Waals surface area contributed by atoms with Gasteiger partial charge in [-0.3, -0.25) is 19.8 Å². The summed E-state index contributed by atoms with van der Waals surface area (Å²) in [5.41, 5.74) is 1.16. The van der Waals surface area contributed by atoms with Crippen LogP contribution in [0.2, 0.25) is 0 Å². The zero-order chi connectivity index (χ0) is 21.1. The van der Waals surface area contributed by atoms with E-state index in [9.17, 15) is 9.59 Å². The minimum absolute atomic E-state index is 0.0272. The number of hydrogen-bond acceptors (Lipinski definition) is 5. The number of anilines is 1. The Morgan fingerprint density at radius 1 is 1.28 bits per heavy atom. The Morgan fingerprint density at radius 2 is 2.03 bits per heavy atom. The van der Waals surface area contributed by atoms with E-state index in [0.717, 1.165) is 8.04 Å². The number of carbonyl (C=O) groups excluding carboxylic acids is 2. The van der Waals surface area contributed by atoms with Gasteiger partial charge in [-0.2, -0.15) is 0 Å². The van der Waals surface area contributed by atoms with E-state index >= 15 is 0 Å². The standard InChI is InChI=1S/C20H16BrIN2O4S/c1-3-28-17-15(22)8-11(9-16(17)27-2)7-14-18(25)23-20(29)24(19(14)26)13-6-4-5-12(21)10-13/h4-10H,3H2,1-2H3,(H,23,25,29)/b14-7+. The number of methoxy groups -OCH3 is 1. The lowest BCUT2D eigenvalue weighted by molar-refractivity contribution is -0.122. The van der Waals surface area contributed by atoms with E-state index < -0.39 is 11.8 Å². The SMILES string of the molecule is CCOc1c(I)cc(/C=C2\C(=O)NC(=S)N(c3cccc(Br)c3)C2=O)cc1OC. The molecule has 150 valence electrons. The Hall–Kier alpha value is -1.98. The summed E-state index contributed by atoms with van der Waals surface area (Å²) in [6.07, 6.45) is 1.52. The summed E-state index contributed by atoms with van der Waals surface area (Å²) in [6, 6.07) is 10.7. The van der Waals surface area contributed by atoms with Gasteiger partial charge in [0.25, 0.3) is 11.8 Å². The molecule has 0 unspecified atom stereocenters. The van der Waals surface area contributed by atoms with Crippen molar-refractivity contribution in [3.63, 3.8) is 0 Å². The highest BCUT2D eigenvalue weighted by Gasteiger charge is 2.34. The molecule has 2 aromatic carbocycles. The number of rotatable bonds is 5. The summed E-state index contributed by atoms with van der Waals surface area (Å²) >= 11 is 10.7. The first-order valence-corrected chi connectivity index (χ1v) is 10.8. The van der Waals surface area contributed by atoms with Crippen molar-refractivity contribution >= 4 is 79.4 Å².